The van der Waals surface area contributed by atoms with E-state index in [-0.39, 0.29) is 18.8 Å². The van der Waals surface area contributed by atoms with Gasteiger partial charge in [-0.05, 0) is 27.7 Å². The number of aliphatic hydroxyl groups excluding tert-OH is 1. The molecular weight excluding hydrogens is 206 g/mol. The summed E-state index contributed by atoms with van der Waals surface area (Å²) in [4.78, 5) is 2.16. The SMILES string of the molecule is CC(C)OCCN(CCO)CCOC(C)C. The molecule has 1 N–H and O–H groups in total. The van der Waals surface area contributed by atoms with Crippen LogP contribution in [0.25, 0.3) is 0 Å². The van der Waals surface area contributed by atoms with E-state index >= 15 is 0 Å². The van der Waals surface area contributed by atoms with Crippen LogP contribution in [-0.4, -0.2) is 61.7 Å². The minimum absolute atomic E-state index is 0.184. The smallest absolute Gasteiger partial charge is 0.0596 e. The Bertz CT molecular complexity index is 137. The fraction of sp³-hybridized carbons (Fsp3) is 1.00. The normalized spacial score (nSPS) is 12.0. The molecule has 0 saturated heterocycles. The van der Waals surface area contributed by atoms with E-state index in [2.05, 4.69) is 4.90 Å². The monoisotopic (exact) mass is 233 g/mol. The largest absolute Gasteiger partial charge is 0.395 e. The van der Waals surface area contributed by atoms with Crippen molar-refractivity contribution in [1.29, 1.82) is 0 Å². The van der Waals surface area contributed by atoms with Crippen LogP contribution in [0.1, 0.15) is 27.7 Å². The highest BCUT2D eigenvalue weighted by atomic mass is 16.5. The molecule has 0 aliphatic rings. The highest BCUT2D eigenvalue weighted by molar-refractivity contribution is 4.57. The van der Waals surface area contributed by atoms with Gasteiger partial charge in [-0.15, -0.1) is 0 Å². The zero-order valence-electron chi connectivity index (χ0n) is 11.1. The van der Waals surface area contributed by atoms with Crippen molar-refractivity contribution < 1.29 is 14.6 Å². The van der Waals surface area contributed by atoms with Gasteiger partial charge in [-0.2, -0.15) is 0 Å². The van der Waals surface area contributed by atoms with Crippen LogP contribution in [0.4, 0.5) is 0 Å². The minimum Gasteiger partial charge on any atom is -0.395 e. The third-order valence-corrected chi connectivity index (χ3v) is 2.13. The maximum Gasteiger partial charge on any atom is 0.0596 e. The summed E-state index contributed by atoms with van der Waals surface area (Å²) in [5.41, 5.74) is 0. The molecule has 4 nitrogen and oxygen atoms in total. The molecule has 0 radical (unpaired) electrons. The molecule has 0 unspecified atom stereocenters. The molecule has 0 amide bonds. The number of ether oxygens (including phenoxy) is 2. The van der Waals surface area contributed by atoms with Crippen molar-refractivity contribution in [1.82, 2.24) is 4.90 Å². The molecule has 0 aliphatic heterocycles. The Balaban J connectivity index is 3.61. The average molecular weight is 233 g/mol. The lowest BCUT2D eigenvalue weighted by atomic mass is 10.4. The predicted molar refractivity (Wildman–Crippen MR) is 65.7 cm³/mol. The maximum atomic E-state index is 8.93. The van der Waals surface area contributed by atoms with Gasteiger partial charge >= 0.3 is 0 Å². The first-order valence-corrected chi connectivity index (χ1v) is 6.12. The molecule has 0 aromatic heterocycles. The number of hydrogen-bond donors (Lipinski definition) is 1. The average Bonchev–Trinajstić information content (AvgIpc) is 2.16. The van der Waals surface area contributed by atoms with Gasteiger partial charge in [0.15, 0.2) is 0 Å². The van der Waals surface area contributed by atoms with Gasteiger partial charge in [-0.3, -0.25) is 4.90 Å². The fourth-order valence-corrected chi connectivity index (χ4v) is 1.31. The Morgan fingerprint density at radius 1 is 0.875 bits per heavy atom. The van der Waals surface area contributed by atoms with Crippen molar-refractivity contribution in [2.24, 2.45) is 0 Å². The molecular formula is C12H27NO3. The molecule has 0 fully saturated rings. The third-order valence-electron chi connectivity index (χ3n) is 2.13. The van der Waals surface area contributed by atoms with Gasteiger partial charge in [0.05, 0.1) is 32.0 Å². The summed E-state index contributed by atoms with van der Waals surface area (Å²) in [6.07, 6.45) is 0.533. The molecule has 0 atom stereocenters. The van der Waals surface area contributed by atoms with Crippen LogP contribution in [0.2, 0.25) is 0 Å². The predicted octanol–water partition coefficient (Wildman–Crippen LogP) is 1.13. The molecule has 0 saturated carbocycles. The topological polar surface area (TPSA) is 41.9 Å². The Morgan fingerprint density at radius 2 is 1.31 bits per heavy atom. The lowest BCUT2D eigenvalue weighted by molar-refractivity contribution is 0.0306. The fourth-order valence-electron chi connectivity index (χ4n) is 1.31. The van der Waals surface area contributed by atoms with Gasteiger partial charge in [0, 0.05) is 19.6 Å². The summed E-state index contributed by atoms with van der Waals surface area (Å²) in [5, 5.41) is 8.93. The summed E-state index contributed by atoms with van der Waals surface area (Å²) in [5.74, 6) is 0. The maximum absolute atomic E-state index is 8.93. The second-order valence-electron chi connectivity index (χ2n) is 4.40. The van der Waals surface area contributed by atoms with Crippen LogP contribution in [0.3, 0.4) is 0 Å². The number of rotatable bonds is 10. The Kier molecular flexibility index (Phi) is 9.92. The summed E-state index contributed by atoms with van der Waals surface area (Å²) < 4.78 is 11.0. The van der Waals surface area contributed by atoms with Gasteiger partial charge in [0.25, 0.3) is 0 Å². The number of aliphatic hydroxyl groups is 1. The van der Waals surface area contributed by atoms with Gasteiger partial charge in [0.1, 0.15) is 0 Å². The van der Waals surface area contributed by atoms with Gasteiger partial charge < -0.3 is 14.6 Å². The number of nitrogens with zero attached hydrogens (tertiary/aromatic N) is 1. The van der Waals surface area contributed by atoms with E-state index in [0.717, 1.165) is 13.1 Å². The van der Waals surface area contributed by atoms with Crippen molar-refractivity contribution in [3.63, 3.8) is 0 Å². The van der Waals surface area contributed by atoms with Crippen molar-refractivity contribution in [2.75, 3.05) is 39.5 Å². The third kappa shape index (κ3) is 10.4. The highest BCUT2D eigenvalue weighted by Crippen LogP contribution is 1.94. The van der Waals surface area contributed by atoms with E-state index in [1.54, 1.807) is 0 Å². The lowest BCUT2D eigenvalue weighted by Crippen LogP contribution is -2.34. The summed E-state index contributed by atoms with van der Waals surface area (Å²) in [6, 6.07) is 0. The zero-order chi connectivity index (χ0) is 12.4. The van der Waals surface area contributed by atoms with E-state index in [4.69, 9.17) is 14.6 Å². The second-order valence-corrected chi connectivity index (χ2v) is 4.40. The molecule has 98 valence electrons. The van der Waals surface area contributed by atoms with Crippen LogP contribution >= 0.6 is 0 Å². The molecule has 0 rings (SSSR count). The second kappa shape index (κ2) is 10.0. The summed E-state index contributed by atoms with van der Waals surface area (Å²) in [6.45, 7) is 12.1. The van der Waals surface area contributed by atoms with Crippen molar-refractivity contribution in [3.8, 4) is 0 Å². The first kappa shape index (κ1) is 15.8. The molecule has 0 aliphatic carbocycles. The van der Waals surface area contributed by atoms with E-state index in [1.165, 1.54) is 0 Å². The molecule has 16 heavy (non-hydrogen) atoms. The molecule has 0 aromatic rings. The van der Waals surface area contributed by atoms with Gasteiger partial charge in [-0.1, -0.05) is 0 Å². The van der Waals surface area contributed by atoms with Gasteiger partial charge in [0.2, 0.25) is 0 Å². The van der Waals surface area contributed by atoms with Crippen LogP contribution in [0, 0.1) is 0 Å². The Labute approximate surface area is 99.5 Å². The van der Waals surface area contributed by atoms with E-state index < -0.39 is 0 Å². The summed E-state index contributed by atoms with van der Waals surface area (Å²) in [7, 11) is 0. The van der Waals surface area contributed by atoms with Crippen LogP contribution in [0.5, 0.6) is 0 Å². The zero-order valence-corrected chi connectivity index (χ0v) is 11.1. The minimum atomic E-state index is 0.184. The van der Waals surface area contributed by atoms with Gasteiger partial charge in [-0.25, -0.2) is 0 Å². The van der Waals surface area contributed by atoms with Crippen LogP contribution in [0.15, 0.2) is 0 Å². The highest BCUT2D eigenvalue weighted by Gasteiger charge is 2.05. The molecule has 0 heterocycles. The van der Waals surface area contributed by atoms with Crippen LogP contribution < -0.4 is 0 Å². The standard InChI is InChI=1S/C12H27NO3/c1-11(2)15-9-6-13(5-8-14)7-10-16-12(3)4/h11-12,14H,5-10H2,1-4H3. The molecule has 0 spiro atoms. The van der Waals surface area contributed by atoms with E-state index in [0.29, 0.717) is 19.8 Å². The first-order chi connectivity index (χ1) is 7.56. The Hall–Kier alpha value is -0.160. The quantitative estimate of drug-likeness (QED) is 0.614. The van der Waals surface area contributed by atoms with E-state index in [1.807, 2.05) is 27.7 Å². The van der Waals surface area contributed by atoms with Crippen molar-refractivity contribution in [3.05, 3.63) is 0 Å². The molecule has 0 bridgehead atoms. The Morgan fingerprint density at radius 3 is 1.62 bits per heavy atom. The van der Waals surface area contributed by atoms with Crippen LogP contribution in [-0.2, 0) is 9.47 Å². The number of hydrogen-bond acceptors (Lipinski definition) is 4. The molecule has 0 aromatic carbocycles. The summed E-state index contributed by atoms with van der Waals surface area (Å²) >= 11 is 0. The van der Waals surface area contributed by atoms with E-state index in [9.17, 15) is 0 Å². The molecule has 4 heteroatoms. The lowest BCUT2D eigenvalue weighted by Gasteiger charge is -2.22. The van der Waals surface area contributed by atoms with Crippen molar-refractivity contribution >= 4 is 0 Å². The first-order valence-electron chi connectivity index (χ1n) is 6.12. The van der Waals surface area contributed by atoms with Crippen molar-refractivity contribution in [2.45, 2.75) is 39.9 Å².